The van der Waals surface area contributed by atoms with Gasteiger partial charge < -0.3 is 5.32 Å². The Kier molecular flexibility index (Phi) is 5.12. The number of nitrogens with one attached hydrogen (secondary N) is 1. The number of hydrogen-bond donors (Lipinski definition) is 1. The molecule has 2 nitrogen and oxygen atoms in total. The van der Waals surface area contributed by atoms with Crippen molar-refractivity contribution < 1.29 is 4.79 Å². The molecule has 0 spiro atoms. The highest BCUT2D eigenvalue weighted by Gasteiger charge is 2.04. The van der Waals surface area contributed by atoms with E-state index in [-0.39, 0.29) is 5.91 Å². The standard InChI is InChI=1S/C13H17NOS/c1-10(2)8-14-13(15)12-6-4-11(5-7-12)9-16-3/h4-7H,1,8-9H2,2-3H3,(H,14,15). The second-order valence-electron chi connectivity index (χ2n) is 3.77. The number of hydrogen-bond acceptors (Lipinski definition) is 2. The Morgan fingerprint density at radius 1 is 1.38 bits per heavy atom. The Morgan fingerprint density at radius 2 is 2.00 bits per heavy atom. The van der Waals surface area contributed by atoms with Crippen molar-refractivity contribution in [2.75, 3.05) is 12.8 Å². The Labute approximate surface area is 101 Å². The van der Waals surface area contributed by atoms with Gasteiger partial charge in [0.1, 0.15) is 0 Å². The van der Waals surface area contributed by atoms with E-state index in [9.17, 15) is 4.79 Å². The van der Waals surface area contributed by atoms with Crippen molar-refractivity contribution >= 4 is 17.7 Å². The minimum atomic E-state index is -0.0429. The van der Waals surface area contributed by atoms with Gasteiger partial charge in [0.2, 0.25) is 0 Å². The molecule has 0 aliphatic rings. The zero-order valence-electron chi connectivity index (χ0n) is 9.75. The summed E-state index contributed by atoms with van der Waals surface area (Å²) in [7, 11) is 0. The third-order valence-corrected chi connectivity index (χ3v) is 2.70. The van der Waals surface area contributed by atoms with Crippen LogP contribution in [0.15, 0.2) is 36.4 Å². The summed E-state index contributed by atoms with van der Waals surface area (Å²) in [5.74, 6) is 0.937. The first-order valence-corrected chi connectivity index (χ1v) is 6.53. The molecule has 0 saturated heterocycles. The zero-order chi connectivity index (χ0) is 12.0. The van der Waals surface area contributed by atoms with Crippen molar-refractivity contribution in [2.24, 2.45) is 0 Å². The maximum absolute atomic E-state index is 11.7. The number of benzene rings is 1. The van der Waals surface area contributed by atoms with Crippen LogP contribution < -0.4 is 5.32 Å². The predicted molar refractivity (Wildman–Crippen MR) is 70.8 cm³/mol. The Morgan fingerprint density at radius 3 is 2.50 bits per heavy atom. The molecular formula is C13H17NOS. The van der Waals surface area contributed by atoms with Gasteiger partial charge in [-0.15, -0.1) is 0 Å². The number of rotatable bonds is 5. The van der Waals surface area contributed by atoms with Crippen LogP contribution in [-0.2, 0) is 5.75 Å². The molecule has 0 bridgehead atoms. The number of thioether (sulfide) groups is 1. The monoisotopic (exact) mass is 235 g/mol. The summed E-state index contributed by atoms with van der Waals surface area (Å²) in [6.45, 7) is 6.17. The van der Waals surface area contributed by atoms with Crippen molar-refractivity contribution in [1.29, 1.82) is 0 Å². The van der Waals surface area contributed by atoms with E-state index in [0.29, 0.717) is 12.1 Å². The first kappa shape index (κ1) is 12.8. The fraction of sp³-hybridized carbons (Fsp3) is 0.308. The smallest absolute Gasteiger partial charge is 0.251 e. The molecule has 3 heteroatoms. The van der Waals surface area contributed by atoms with Gasteiger partial charge in [0, 0.05) is 17.9 Å². The van der Waals surface area contributed by atoms with Gasteiger partial charge in [0.05, 0.1) is 0 Å². The van der Waals surface area contributed by atoms with Crippen molar-refractivity contribution in [3.8, 4) is 0 Å². The fourth-order valence-corrected chi connectivity index (χ4v) is 1.78. The summed E-state index contributed by atoms with van der Waals surface area (Å²) < 4.78 is 0. The molecular weight excluding hydrogens is 218 g/mol. The van der Waals surface area contributed by atoms with Gasteiger partial charge in [0.25, 0.3) is 5.91 Å². The molecule has 0 heterocycles. The van der Waals surface area contributed by atoms with E-state index < -0.39 is 0 Å². The van der Waals surface area contributed by atoms with Crippen LogP contribution in [0.4, 0.5) is 0 Å². The molecule has 0 aromatic heterocycles. The Bertz CT molecular complexity index is 370. The van der Waals surface area contributed by atoms with Crippen molar-refractivity contribution in [2.45, 2.75) is 12.7 Å². The molecule has 0 aliphatic carbocycles. The van der Waals surface area contributed by atoms with Crippen molar-refractivity contribution in [3.05, 3.63) is 47.5 Å². The summed E-state index contributed by atoms with van der Waals surface area (Å²) in [4.78, 5) is 11.7. The highest BCUT2D eigenvalue weighted by molar-refractivity contribution is 7.97. The highest BCUT2D eigenvalue weighted by atomic mass is 32.2. The number of carbonyl (C=O) groups is 1. The van der Waals surface area contributed by atoms with Gasteiger partial charge in [-0.05, 0) is 30.9 Å². The molecule has 1 amide bonds. The average molecular weight is 235 g/mol. The van der Waals surface area contributed by atoms with Gasteiger partial charge >= 0.3 is 0 Å². The molecule has 0 unspecified atom stereocenters. The van der Waals surface area contributed by atoms with E-state index in [1.165, 1.54) is 5.56 Å². The summed E-state index contributed by atoms with van der Waals surface area (Å²) in [5.41, 5.74) is 2.89. The molecule has 1 aromatic carbocycles. The minimum absolute atomic E-state index is 0.0429. The number of carbonyl (C=O) groups excluding carboxylic acids is 1. The molecule has 0 aliphatic heterocycles. The quantitative estimate of drug-likeness (QED) is 0.795. The molecule has 16 heavy (non-hydrogen) atoms. The van der Waals surface area contributed by atoms with Gasteiger partial charge in [-0.3, -0.25) is 4.79 Å². The average Bonchev–Trinajstić information content (AvgIpc) is 2.27. The van der Waals surface area contributed by atoms with Gasteiger partial charge in [-0.25, -0.2) is 0 Å². The Balaban J connectivity index is 2.59. The van der Waals surface area contributed by atoms with Crippen LogP contribution in [-0.4, -0.2) is 18.7 Å². The molecule has 86 valence electrons. The molecule has 1 aromatic rings. The highest BCUT2D eigenvalue weighted by Crippen LogP contribution is 2.10. The van der Waals surface area contributed by atoms with Gasteiger partial charge in [0.15, 0.2) is 0 Å². The van der Waals surface area contributed by atoms with Crippen LogP contribution in [0.5, 0.6) is 0 Å². The zero-order valence-corrected chi connectivity index (χ0v) is 10.6. The predicted octanol–water partition coefficient (Wildman–Crippen LogP) is 2.86. The minimum Gasteiger partial charge on any atom is -0.348 e. The second kappa shape index (κ2) is 6.38. The lowest BCUT2D eigenvalue weighted by Gasteiger charge is -2.05. The van der Waals surface area contributed by atoms with Crippen LogP contribution in [0.25, 0.3) is 0 Å². The molecule has 0 saturated carbocycles. The van der Waals surface area contributed by atoms with E-state index in [2.05, 4.69) is 18.2 Å². The largest absolute Gasteiger partial charge is 0.348 e. The summed E-state index contributed by atoms with van der Waals surface area (Å²) >= 11 is 1.77. The lowest BCUT2D eigenvalue weighted by molar-refractivity contribution is 0.0957. The van der Waals surface area contributed by atoms with Gasteiger partial charge in [-0.2, -0.15) is 11.8 Å². The van der Waals surface area contributed by atoms with Crippen LogP contribution >= 0.6 is 11.8 Å². The topological polar surface area (TPSA) is 29.1 Å². The maximum Gasteiger partial charge on any atom is 0.251 e. The normalized spacial score (nSPS) is 9.88. The van der Waals surface area contributed by atoms with Gasteiger partial charge in [-0.1, -0.05) is 24.3 Å². The third kappa shape index (κ3) is 4.11. The first-order chi connectivity index (χ1) is 7.63. The molecule has 1 rings (SSSR count). The van der Waals surface area contributed by atoms with E-state index >= 15 is 0 Å². The van der Waals surface area contributed by atoms with Crippen LogP contribution in [0.2, 0.25) is 0 Å². The molecule has 0 fully saturated rings. The summed E-state index contributed by atoms with van der Waals surface area (Å²) in [6.07, 6.45) is 2.06. The van der Waals surface area contributed by atoms with E-state index in [1.54, 1.807) is 11.8 Å². The summed E-state index contributed by atoms with van der Waals surface area (Å²) in [5, 5.41) is 2.81. The van der Waals surface area contributed by atoms with Crippen LogP contribution in [0, 0.1) is 0 Å². The van der Waals surface area contributed by atoms with Crippen molar-refractivity contribution in [1.82, 2.24) is 5.32 Å². The molecule has 0 radical (unpaired) electrons. The summed E-state index contributed by atoms with van der Waals surface area (Å²) in [6, 6.07) is 7.71. The SMILES string of the molecule is C=C(C)CNC(=O)c1ccc(CSC)cc1. The number of amides is 1. The second-order valence-corrected chi connectivity index (χ2v) is 4.64. The maximum atomic E-state index is 11.7. The lowest BCUT2D eigenvalue weighted by atomic mass is 10.1. The lowest BCUT2D eigenvalue weighted by Crippen LogP contribution is -2.24. The van der Waals surface area contributed by atoms with E-state index in [4.69, 9.17) is 0 Å². The van der Waals surface area contributed by atoms with Crippen molar-refractivity contribution in [3.63, 3.8) is 0 Å². The molecule has 0 atom stereocenters. The van der Waals surface area contributed by atoms with E-state index in [0.717, 1.165) is 11.3 Å². The van der Waals surface area contributed by atoms with Crippen LogP contribution in [0.3, 0.4) is 0 Å². The Hall–Kier alpha value is -1.22. The third-order valence-electron chi connectivity index (χ3n) is 2.08. The fourth-order valence-electron chi connectivity index (χ4n) is 1.25. The molecule has 1 N–H and O–H groups in total. The first-order valence-electron chi connectivity index (χ1n) is 5.14. The van der Waals surface area contributed by atoms with E-state index in [1.807, 2.05) is 31.2 Å². The van der Waals surface area contributed by atoms with Crippen LogP contribution in [0.1, 0.15) is 22.8 Å².